The molecule has 0 radical (unpaired) electrons. The molecule has 142 valence electrons. The lowest BCUT2D eigenvalue weighted by molar-refractivity contribution is 0.0283. The first-order valence-electron chi connectivity index (χ1n) is 9.75. The van der Waals surface area contributed by atoms with Crippen LogP contribution in [0.25, 0.3) is 0 Å². The summed E-state index contributed by atoms with van der Waals surface area (Å²) in [6.45, 7) is 16.4. The topological polar surface area (TPSA) is 21.3 Å². The number of rotatable bonds is 7. The Bertz CT molecular complexity index is 765. The van der Waals surface area contributed by atoms with E-state index in [0.717, 1.165) is 18.7 Å². The second kappa shape index (κ2) is 8.26. The Labute approximate surface area is 160 Å². The van der Waals surface area contributed by atoms with Gasteiger partial charge in [-0.3, -0.25) is 0 Å². The summed E-state index contributed by atoms with van der Waals surface area (Å²) in [7, 11) is 2.01. The lowest BCUT2D eigenvalue weighted by atomic mass is 9.80. The first-order valence-corrected chi connectivity index (χ1v) is 9.75. The SMILES string of the molecule is CCc1c(O[C@@](C)(c2cccc(C)c2C)C(C)CNC)ccc(C)c1C. The van der Waals surface area contributed by atoms with E-state index in [1.54, 1.807) is 0 Å². The fourth-order valence-corrected chi connectivity index (χ4v) is 3.82. The van der Waals surface area contributed by atoms with E-state index in [9.17, 15) is 0 Å². The molecule has 0 saturated carbocycles. The molecule has 2 heteroatoms. The van der Waals surface area contributed by atoms with Gasteiger partial charge in [-0.2, -0.15) is 0 Å². The molecule has 2 atom stereocenters. The minimum atomic E-state index is -0.398. The Morgan fingerprint density at radius 2 is 1.65 bits per heavy atom. The Balaban J connectivity index is 2.60. The molecule has 2 aromatic rings. The summed E-state index contributed by atoms with van der Waals surface area (Å²) in [5.41, 5.74) is 7.49. The highest BCUT2D eigenvalue weighted by molar-refractivity contribution is 5.46. The molecule has 2 aromatic carbocycles. The Morgan fingerprint density at radius 1 is 1.00 bits per heavy atom. The van der Waals surface area contributed by atoms with Gasteiger partial charge < -0.3 is 10.1 Å². The fraction of sp³-hybridized carbons (Fsp3) is 0.500. The highest BCUT2D eigenvalue weighted by Crippen LogP contribution is 2.39. The first kappa shape index (κ1) is 20.5. The van der Waals surface area contributed by atoms with E-state index in [4.69, 9.17) is 4.74 Å². The van der Waals surface area contributed by atoms with Crippen LogP contribution in [0.1, 0.15) is 54.2 Å². The van der Waals surface area contributed by atoms with E-state index in [1.807, 2.05) is 7.05 Å². The molecule has 0 fully saturated rings. The van der Waals surface area contributed by atoms with Crippen molar-refractivity contribution in [1.29, 1.82) is 0 Å². The van der Waals surface area contributed by atoms with Gasteiger partial charge in [0.25, 0.3) is 0 Å². The third-order valence-electron chi connectivity index (χ3n) is 6.09. The number of hydrogen-bond acceptors (Lipinski definition) is 2. The standard InChI is InChI=1S/C24H35NO/c1-9-21-19(5)17(3)13-14-23(21)26-24(7,18(4)15-25-8)22-12-10-11-16(2)20(22)6/h10-14,18,25H,9,15H2,1-8H3/t18?,24-/m1/s1. The van der Waals surface area contributed by atoms with E-state index in [1.165, 1.54) is 33.4 Å². The van der Waals surface area contributed by atoms with Crippen molar-refractivity contribution in [3.05, 3.63) is 63.7 Å². The average Bonchev–Trinajstić information content (AvgIpc) is 2.61. The van der Waals surface area contributed by atoms with E-state index < -0.39 is 5.60 Å². The number of ether oxygens (including phenoxy) is 1. The van der Waals surface area contributed by atoms with Crippen molar-refractivity contribution in [3.63, 3.8) is 0 Å². The maximum atomic E-state index is 6.86. The summed E-state index contributed by atoms with van der Waals surface area (Å²) in [4.78, 5) is 0. The monoisotopic (exact) mass is 353 g/mol. The molecule has 0 bridgehead atoms. The van der Waals surface area contributed by atoms with Crippen molar-refractivity contribution in [2.24, 2.45) is 5.92 Å². The minimum Gasteiger partial charge on any atom is -0.482 e. The summed E-state index contributed by atoms with van der Waals surface area (Å²) < 4.78 is 6.86. The smallest absolute Gasteiger partial charge is 0.135 e. The van der Waals surface area contributed by atoms with Crippen LogP contribution in [0.3, 0.4) is 0 Å². The lowest BCUT2D eigenvalue weighted by Crippen LogP contribution is -2.42. The molecule has 0 saturated heterocycles. The van der Waals surface area contributed by atoms with Crippen LogP contribution in [-0.4, -0.2) is 13.6 Å². The zero-order valence-electron chi connectivity index (χ0n) is 17.8. The van der Waals surface area contributed by atoms with Gasteiger partial charge in [0.1, 0.15) is 11.4 Å². The Hall–Kier alpha value is -1.80. The largest absolute Gasteiger partial charge is 0.482 e. The molecule has 2 rings (SSSR count). The molecular formula is C24H35NO. The number of nitrogens with one attached hydrogen (secondary N) is 1. The van der Waals surface area contributed by atoms with Crippen molar-refractivity contribution in [2.75, 3.05) is 13.6 Å². The molecule has 0 aromatic heterocycles. The minimum absolute atomic E-state index is 0.319. The molecular weight excluding hydrogens is 318 g/mol. The summed E-state index contributed by atoms with van der Waals surface area (Å²) in [5.74, 6) is 1.33. The van der Waals surface area contributed by atoms with E-state index in [0.29, 0.717) is 5.92 Å². The van der Waals surface area contributed by atoms with Gasteiger partial charge in [-0.15, -0.1) is 0 Å². The second-order valence-electron chi connectivity index (χ2n) is 7.75. The van der Waals surface area contributed by atoms with Crippen LogP contribution >= 0.6 is 0 Å². The lowest BCUT2D eigenvalue weighted by Gasteiger charge is -2.39. The molecule has 0 amide bonds. The summed E-state index contributed by atoms with van der Waals surface area (Å²) in [5, 5.41) is 3.33. The van der Waals surface area contributed by atoms with Crippen LogP contribution in [0.4, 0.5) is 0 Å². The van der Waals surface area contributed by atoms with Crippen LogP contribution in [0.5, 0.6) is 5.75 Å². The van der Waals surface area contributed by atoms with Crippen molar-refractivity contribution in [2.45, 2.75) is 60.5 Å². The van der Waals surface area contributed by atoms with Gasteiger partial charge in [0, 0.05) is 12.5 Å². The molecule has 26 heavy (non-hydrogen) atoms. The third kappa shape index (κ3) is 3.81. The van der Waals surface area contributed by atoms with Crippen LogP contribution in [-0.2, 0) is 12.0 Å². The quantitative estimate of drug-likeness (QED) is 0.696. The number of benzene rings is 2. The van der Waals surface area contributed by atoms with Gasteiger partial charge >= 0.3 is 0 Å². The highest BCUT2D eigenvalue weighted by atomic mass is 16.5. The molecule has 0 spiro atoms. The van der Waals surface area contributed by atoms with Crippen molar-refractivity contribution < 1.29 is 4.74 Å². The first-order chi connectivity index (χ1) is 12.3. The van der Waals surface area contributed by atoms with Crippen LogP contribution in [0, 0.1) is 33.6 Å². The summed E-state index contributed by atoms with van der Waals surface area (Å²) in [6, 6.07) is 10.9. The predicted octanol–water partition coefficient (Wildman–Crippen LogP) is 5.63. The normalized spacial score (nSPS) is 14.8. The molecule has 1 N–H and O–H groups in total. The second-order valence-corrected chi connectivity index (χ2v) is 7.75. The molecule has 0 heterocycles. The molecule has 0 aliphatic rings. The van der Waals surface area contributed by atoms with E-state index in [2.05, 4.69) is 84.1 Å². The molecule has 1 unspecified atom stereocenters. The van der Waals surface area contributed by atoms with Gasteiger partial charge in [0.15, 0.2) is 0 Å². The van der Waals surface area contributed by atoms with E-state index in [-0.39, 0.29) is 0 Å². The summed E-state index contributed by atoms with van der Waals surface area (Å²) >= 11 is 0. The van der Waals surface area contributed by atoms with Crippen LogP contribution in [0.2, 0.25) is 0 Å². The van der Waals surface area contributed by atoms with Gasteiger partial charge in [0.05, 0.1) is 0 Å². The third-order valence-corrected chi connectivity index (χ3v) is 6.09. The fourth-order valence-electron chi connectivity index (χ4n) is 3.82. The van der Waals surface area contributed by atoms with Gasteiger partial charge in [-0.1, -0.05) is 38.1 Å². The Morgan fingerprint density at radius 3 is 2.27 bits per heavy atom. The zero-order chi connectivity index (χ0) is 19.5. The van der Waals surface area contributed by atoms with Crippen molar-refractivity contribution in [3.8, 4) is 5.75 Å². The summed E-state index contributed by atoms with van der Waals surface area (Å²) in [6.07, 6.45) is 0.978. The highest BCUT2D eigenvalue weighted by Gasteiger charge is 2.37. The van der Waals surface area contributed by atoms with Crippen LogP contribution in [0.15, 0.2) is 30.3 Å². The molecule has 2 nitrogen and oxygen atoms in total. The maximum absolute atomic E-state index is 6.86. The molecule has 0 aliphatic heterocycles. The van der Waals surface area contributed by atoms with Gasteiger partial charge in [-0.05, 0) is 87.5 Å². The number of hydrogen-bond donors (Lipinski definition) is 1. The van der Waals surface area contributed by atoms with E-state index >= 15 is 0 Å². The predicted molar refractivity (Wildman–Crippen MR) is 112 cm³/mol. The van der Waals surface area contributed by atoms with Crippen molar-refractivity contribution in [1.82, 2.24) is 5.32 Å². The Kier molecular flexibility index (Phi) is 6.52. The van der Waals surface area contributed by atoms with Gasteiger partial charge in [0.2, 0.25) is 0 Å². The van der Waals surface area contributed by atoms with Crippen molar-refractivity contribution >= 4 is 0 Å². The van der Waals surface area contributed by atoms with Gasteiger partial charge in [-0.25, -0.2) is 0 Å². The zero-order valence-corrected chi connectivity index (χ0v) is 17.8. The average molecular weight is 354 g/mol. The maximum Gasteiger partial charge on any atom is 0.135 e. The van der Waals surface area contributed by atoms with Crippen LogP contribution < -0.4 is 10.1 Å². The number of aryl methyl sites for hydroxylation is 2. The molecule has 0 aliphatic carbocycles.